The van der Waals surface area contributed by atoms with Crippen LogP contribution in [0.5, 0.6) is 0 Å². The molecule has 0 heterocycles. The van der Waals surface area contributed by atoms with Crippen molar-refractivity contribution in [1.29, 1.82) is 0 Å². The summed E-state index contributed by atoms with van der Waals surface area (Å²) < 4.78 is 38.7. The Labute approximate surface area is 90.9 Å². The van der Waals surface area contributed by atoms with E-state index in [1.54, 1.807) is 11.8 Å². The highest BCUT2D eigenvalue weighted by atomic mass is 32.2. The molecule has 1 aromatic rings. The molecule has 5 heteroatoms. The van der Waals surface area contributed by atoms with Gasteiger partial charge in [0.25, 0.3) is 0 Å². The van der Waals surface area contributed by atoms with Gasteiger partial charge in [-0.05, 0) is 24.5 Å². The van der Waals surface area contributed by atoms with E-state index in [0.717, 1.165) is 11.8 Å². The highest BCUT2D eigenvalue weighted by molar-refractivity contribution is 7.98. The molecule has 0 saturated carbocycles. The van der Waals surface area contributed by atoms with E-state index in [1.807, 2.05) is 6.26 Å². The first kappa shape index (κ1) is 12.4. The van der Waals surface area contributed by atoms with Crippen molar-refractivity contribution in [3.63, 3.8) is 0 Å². The van der Waals surface area contributed by atoms with Crippen LogP contribution in [0.2, 0.25) is 0 Å². The molecule has 1 aromatic carbocycles. The van der Waals surface area contributed by atoms with Gasteiger partial charge in [-0.25, -0.2) is 13.2 Å². The fraction of sp³-hybridized carbons (Fsp3) is 0.400. The third-order valence-corrected chi connectivity index (χ3v) is 2.74. The standard InChI is InChI=1S/C10H12F3NS/c1-15-5-4-8(14)6-2-3-7(11)10(13)9(6)12/h2-3,8H,4-5,14H2,1H3. The highest BCUT2D eigenvalue weighted by Crippen LogP contribution is 2.22. The van der Waals surface area contributed by atoms with E-state index in [2.05, 4.69) is 0 Å². The van der Waals surface area contributed by atoms with Gasteiger partial charge in [-0.3, -0.25) is 0 Å². The van der Waals surface area contributed by atoms with Crippen LogP contribution in [-0.4, -0.2) is 12.0 Å². The molecule has 1 unspecified atom stereocenters. The summed E-state index contributed by atoms with van der Waals surface area (Å²) in [6.07, 6.45) is 2.43. The third kappa shape index (κ3) is 2.89. The van der Waals surface area contributed by atoms with Crippen LogP contribution in [0, 0.1) is 17.5 Å². The molecule has 15 heavy (non-hydrogen) atoms. The van der Waals surface area contributed by atoms with Gasteiger partial charge in [-0.15, -0.1) is 0 Å². The average Bonchev–Trinajstić information content (AvgIpc) is 2.23. The van der Waals surface area contributed by atoms with Crippen LogP contribution in [0.1, 0.15) is 18.0 Å². The van der Waals surface area contributed by atoms with Gasteiger partial charge in [0.05, 0.1) is 0 Å². The predicted molar refractivity (Wildman–Crippen MR) is 56.2 cm³/mol. The van der Waals surface area contributed by atoms with Gasteiger partial charge in [0.1, 0.15) is 0 Å². The Morgan fingerprint density at radius 1 is 1.27 bits per heavy atom. The van der Waals surface area contributed by atoms with Crippen molar-refractivity contribution in [2.45, 2.75) is 12.5 Å². The maximum absolute atomic E-state index is 13.2. The first-order valence-corrected chi connectivity index (χ1v) is 5.85. The molecule has 84 valence electrons. The van der Waals surface area contributed by atoms with E-state index < -0.39 is 23.5 Å². The zero-order valence-corrected chi connectivity index (χ0v) is 9.08. The minimum atomic E-state index is -1.45. The first-order valence-electron chi connectivity index (χ1n) is 4.45. The van der Waals surface area contributed by atoms with Crippen LogP contribution < -0.4 is 5.73 Å². The molecule has 0 aliphatic rings. The lowest BCUT2D eigenvalue weighted by Crippen LogP contribution is -2.14. The van der Waals surface area contributed by atoms with Crippen molar-refractivity contribution < 1.29 is 13.2 Å². The summed E-state index contributed by atoms with van der Waals surface area (Å²) in [6.45, 7) is 0. The van der Waals surface area contributed by atoms with E-state index >= 15 is 0 Å². The number of rotatable bonds is 4. The molecular formula is C10H12F3NS. The molecule has 2 N–H and O–H groups in total. The Balaban J connectivity index is 2.90. The number of hydrogen-bond acceptors (Lipinski definition) is 2. The molecule has 0 saturated heterocycles. The summed E-state index contributed by atoms with van der Waals surface area (Å²) in [6, 6.07) is 1.50. The topological polar surface area (TPSA) is 26.0 Å². The summed E-state index contributed by atoms with van der Waals surface area (Å²) in [5, 5.41) is 0. The van der Waals surface area contributed by atoms with Crippen molar-refractivity contribution in [2.75, 3.05) is 12.0 Å². The Kier molecular flexibility index (Phi) is 4.47. The number of hydrogen-bond donors (Lipinski definition) is 1. The Bertz CT molecular complexity index is 344. The lowest BCUT2D eigenvalue weighted by molar-refractivity contribution is 0.434. The zero-order valence-electron chi connectivity index (χ0n) is 8.27. The van der Waals surface area contributed by atoms with Gasteiger partial charge in [0.2, 0.25) is 0 Å². The van der Waals surface area contributed by atoms with Gasteiger partial charge >= 0.3 is 0 Å². The van der Waals surface area contributed by atoms with E-state index in [0.29, 0.717) is 6.42 Å². The summed E-state index contributed by atoms with van der Waals surface area (Å²) in [5.41, 5.74) is 5.69. The second kappa shape index (κ2) is 5.42. The second-order valence-corrected chi connectivity index (χ2v) is 4.14. The number of thioether (sulfide) groups is 1. The van der Waals surface area contributed by atoms with Gasteiger partial charge < -0.3 is 5.73 Å². The monoisotopic (exact) mass is 235 g/mol. The van der Waals surface area contributed by atoms with Crippen LogP contribution in [0.25, 0.3) is 0 Å². The van der Waals surface area contributed by atoms with Crippen LogP contribution in [0.3, 0.4) is 0 Å². The quantitative estimate of drug-likeness (QED) is 0.812. The van der Waals surface area contributed by atoms with Crippen molar-refractivity contribution in [1.82, 2.24) is 0 Å². The number of benzene rings is 1. The maximum Gasteiger partial charge on any atom is 0.194 e. The molecule has 1 rings (SSSR count). The van der Waals surface area contributed by atoms with Crippen molar-refractivity contribution in [2.24, 2.45) is 5.73 Å². The molecule has 0 fully saturated rings. The largest absolute Gasteiger partial charge is 0.324 e. The molecule has 1 atom stereocenters. The molecule has 0 spiro atoms. The fourth-order valence-corrected chi connectivity index (χ4v) is 1.72. The maximum atomic E-state index is 13.2. The van der Waals surface area contributed by atoms with Crippen molar-refractivity contribution >= 4 is 11.8 Å². The van der Waals surface area contributed by atoms with Crippen LogP contribution >= 0.6 is 11.8 Å². The van der Waals surface area contributed by atoms with Gasteiger partial charge in [0.15, 0.2) is 17.5 Å². The van der Waals surface area contributed by atoms with Gasteiger partial charge in [0, 0.05) is 11.6 Å². The van der Waals surface area contributed by atoms with Gasteiger partial charge in [-0.1, -0.05) is 6.07 Å². The molecule has 0 radical (unpaired) electrons. The minimum absolute atomic E-state index is 0.0305. The molecule has 1 nitrogen and oxygen atoms in total. The minimum Gasteiger partial charge on any atom is -0.324 e. The van der Waals surface area contributed by atoms with Gasteiger partial charge in [-0.2, -0.15) is 11.8 Å². The lowest BCUT2D eigenvalue weighted by Gasteiger charge is -2.12. The number of nitrogens with two attached hydrogens (primary N) is 1. The van der Waals surface area contributed by atoms with Crippen molar-refractivity contribution in [3.05, 3.63) is 35.1 Å². The zero-order chi connectivity index (χ0) is 11.4. The lowest BCUT2D eigenvalue weighted by atomic mass is 10.0. The molecule has 0 aromatic heterocycles. The van der Waals surface area contributed by atoms with E-state index in [4.69, 9.17) is 5.73 Å². The fourth-order valence-electron chi connectivity index (χ4n) is 1.23. The molecule has 0 aliphatic heterocycles. The van der Waals surface area contributed by atoms with E-state index in [-0.39, 0.29) is 5.56 Å². The molecule has 0 bridgehead atoms. The summed E-state index contributed by atoms with van der Waals surface area (Å²) in [7, 11) is 0. The third-order valence-electron chi connectivity index (χ3n) is 2.10. The predicted octanol–water partition coefficient (Wildman–Crippen LogP) is 2.86. The molecular weight excluding hydrogens is 223 g/mol. The summed E-state index contributed by atoms with van der Waals surface area (Å²) in [4.78, 5) is 0. The smallest absolute Gasteiger partial charge is 0.194 e. The second-order valence-electron chi connectivity index (χ2n) is 3.15. The van der Waals surface area contributed by atoms with E-state index in [9.17, 15) is 13.2 Å². The SMILES string of the molecule is CSCCC(N)c1ccc(F)c(F)c1F. The highest BCUT2D eigenvalue weighted by Gasteiger charge is 2.17. The normalized spacial score (nSPS) is 12.9. The number of halogens is 3. The van der Waals surface area contributed by atoms with E-state index in [1.165, 1.54) is 6.07 Å². The summed E-state index contributed by atoms with van der Waals surface area (Å²) >= 11 is 1.57. The summed E-state index contributed by atoms with van der Waals surface area (Å²) in [5.74, 6) is -3.07. The van der Waals surface area contributed by atoms with Crippen molar-refractivity contribution in [3.8, 4) is 0 Å². The first-order chi connectivity index (χ1) is 7.07. The Morgan fingerprint density at radius 2 is 1.93 bits per heavy atom. The van der Waals surface area contributed by atoms with Crippen LogP contribution in [-0.2, 0) is 0 Å². The van der Waals surface area contributed by atoms with Crippen LogP contribution in [0.4, 0.5) is 13.2 Å². The molecule has 0 aliphatic carbocycles. The average molecular weight is 235 g/mol. The molecule has 0 amide bonds. The Morgan fingerprint density at radius 3 is 2.53 bits per heavy atom. The van der Waals surface area contributed by atoms with Crippen LogP contribution in [0.15, 0.2) is 12.1 Å². The Hall–Kier alpha value is -0.680.